The number of piperidine rings is 1. The molecule has 4 nitrogen and oxygen atoms in total. The van der Waals surface area contributed by atoms with Gasteiger partial charge in [0.2, 0.25) is 5.91 Å². The fraction of sp³-hybridized carbons (Fsp3) is 0.556. The highest BCUT2D eigenvalue weighted by Gasteiger charge is 2.11. The summed E-state index contributed by atoms with van der Waals surface area (Å²) in [5, 5.41) is 4.04. The molecule has 1 aliphatic heterocycles. The summed E-state index contributed by atoms with van der Waals surface area (Å²) in [5.41, 5.74) is 4.92. The fourth-order valence-corrected chi connectivity index (χ4v) is 2.64. The maximum atomic E-state index is 11.8. The Kier molecular flexibility index (Phi) is 6.59. The van der Waals surface area contributed by atoms with Gasteiger partial charge >= 0.3 is 0 Å². The van der Waals surface area contributed by atoms with Crippen molar-refractivity contribution in [3.8, 4) is 0 Å². The maximum absolute atomic E-state index is 11.8. The van der Waals surface area contributed by atoms with Crippen LogP contribution in [0.4, 0.5) is 0 Å². The standard InChI is InChI=1S/C18H27N3O/c1-15(2)17-8-6-16(7-9-17)14-19-20-18(22)10-13-21-11-4-3-5-12-21/h6-9,14-15H,3-5,10-13H2,1-2H3,(H,20,22)/b19-14+. The van der Waals surface area contributed by atoms with E-state index >= 15 is 0 Å². The molecule has 0 spiro atoms. The Morgan fingerprint density at radius 2 is 1.91 bits per heavy atom. The first kappa shape index (κ1) is 16.7. The third-order valence-corrected chi connectivity index (χ3v) is 4.11. The van der Waals surface area contributed by atoms with Crippen LogP contribution in [0.3, 0.4) is 0 Å². The molecule has 1 heterocycles. The maximum Gasteiger partial charge on any atom is 0.241 e. The lowest BCUT2D eigenvalue weighted by atomic mass is 10.0. The highest BCUT2D eigenvalue weighted by Crippen LogP contribution is 2.13. The van der Waals surface area contributed by atoms with Crippen molar-refractivity contribution in [2.45, 2.75) is 45.4 Å². The Morgan fingerprint density at radius 3 is 2.55 bits per heavy atom. The summed E-state index contributed by atoms with van der Waals surface area (Å²) >= 11 is 0. The van der Waals surface area contributed by atoms with Gasteiger partial charge in [0.15, 0.2) is 0 Å². The number of rotatable bonds is 6. The molecule has 1 N–H and O–H groups in total. The summed E-state index contributed by atoms with van der Waals surface area (Å²) in [5.74, 6) is 0.515. The van der Waals surface area contributed by atoms with E-state index in [1.165, 1.54) is 24.8 Å². The Hall–Kier alpha value is -1.68. The minimum Gasteiger partial charge on any atom is -0.303 e. The molecular weight excluding hydrogens is 274 g/mol. The van der Waals surface area contributed by atoms with Crippen molar-refractivity contribution in [3.05, 3.63) is 35.4 Å². The summed E-state index contributed by atoms with van der Waals surface area (Å²) in [4.78, 5) is 14.1. The Balaban J connectivity index is 1.70. The second kappa shape index (κ2) is 8.69. The minimum atomic E-state index is -0.0133. The van der Waals surface area contributed by atoms with Crippen LogP contribution in [-0.2, 0) is 4.79 Å². The topological polar surface area (TPSA) is 44.7 Å². The van der Waals surface area contributed by atoms with Gasteiger partial charge in [0.05, 0.1) is 6.21 Å². The van der Waals surface area contributed by atoms with E-state index in [4.69, 9.17) is 0 Å². The van der Waals surface area contributed by atoms with E-state index in [1.807, 2.05) is 12.1 Å². The normalized spacial score (nSPS) is 16.3. The van der Waals surface area contributed by atoms with Gasteiger partial charge in [-0.15, -0.1) is 0 Å². The van der Waals surface area contributed by atoms with Crippen LogP contribution in [-0.4, -0.2) is 36.7 Å². The zero-order valence-corrected chi connectivity index (χ0v) is 13.7. The second-order valence-corrected chi connectivity index (χ2v) is 6.27. The molecule has 1 amide bonds. The van der Waals surface area contributed by atoms with E-state index in [1.54, 1.807) is 6.21 Å². The van der Waals surface area contributed by atoms with E-state index in [2.05, 4.69) is 41.4 Å². The number of hydrogen-bond acceptors (Lipinski definition) is 3. The van der Waals surface area contributed by atoms with Crippen molar-refractivity contribution in [1.29, 1.82) is 0 Å². The second-order valence-electron chi connectivity index (χ2n) is 6.27. The number of carbonyl (C=O) groups excluding carboxylic acids is 1. The lowest BCUT2D eigenvalue weighted by Gasteiger charge is -2.25. The number of nitrogens with one attached hydrogen (secondary N) is 1. The zero-order chi connectivity index (χ0) is 15.8. The van der Waals surface area contributed by atoms with Gasteiger partial charge in [0.25, 0.3) is 0 Å². The van der Waals surface area contributed by atoms with Crippen LogP contribution in [0.5, 0.6) is 0 Å². The number of nitrogens with zero attached hydrogens (tertiary/aromatic N) is 2. The first-order valence-electron chi connectivity index (χ1n) is 8.29. The number of amides is 1. The van der Waals surface area contributed by atoms with Crippen molar-refractivity contribution in [2.75, 3.05) is 19.6 Å². The predicted molar refractivity (Wildman–Crippen MR) is 91.2 cm³/mol. The number of hydrogen-bond donors (Lipinski definition) is 1. The summed E-state index contributed by atoms with van der Waals surface area (Å²) in [6, 6.07) is 8.26. The van der Waals surface area contributed by atoms with Crippen LogP contribution in [0.2, 0.25) is 0 Å². The SMILES string of the molecule is CC(C)c1ccc(/C=N/NC(=O)CCN2CCCCC2)cc1. The predicted octanol–water partition coefficient (Wildman–Crippen LogP) is 3.14. The molecule has 2 rings (SSSR count). The van der Waals surface area contributed by atoms with Crippen LogP contribution < -0.4 is 5.43 Å². The minimum absolute atomic E-state index is 0.0133. The van der Waals surface area contributed by atoms with Crippen molar-refractivity contribution in [1.82, 2.24) is 10.3 Å². The summed E-state index contributed by atoms with van der Waals surface area (Å²) < 4.78 is 0. The number of hydrazone groups is 1. The van der Waals surface area contributed by atoms with Gasteiger partial charge < -0.3 is 4.90 Å². The van der Waals surface area contributed by atoms with Crippen LogP contribution in [0.15, 0.2) is 29.4 Å². The molecule has 0 aromatic heterocycles. The van der Waals surface area contributed by atoms with Gasteiger partial charge in [-0.2, -0.15) is 5.10 Å². The van der Waals surface area contributed by atoms with Gasteiger partial charge in [0, 0.05) is 13.0 Å². The lowest BCUT2D eigenvalue weighted by Crippen LogP contribution is -2.33. The average molecular weight is 301 g/mol. The molecule has 1 aromatic rings. The molecule has 1 aliphatic rings. The molecule has 1 fully saturated rings. The van der Waals surface area contributed by atoms with Gasteiger partial charge in [-0.05, 0) is 43.0 Å². The van der Waals surface area contributed by atoms with Gasteiger partial charge in [-0.25, -0.2) is 5.43 Å². The monoisotopic (exact) mass is 301 g/mol. The lowest BCUT2D eigenvalue weighted by molar-refractivity contribution is -0.121. The zero-order valence-electron chi connectivity index (χ0n) is 13.7. The van der Waals surface area contributed by atoms with Gasteiger partial charge in [-0.1, -0.05) is 44.5 Å². The van der Waals surface area contributed by atoms with Crippen molar-refractivity contribution in [2.24, 2.45) is 5.10 Å². The Bertz CT molecular complexity index is 488. The first-order valence-corrected chi connectivity index (χ1v) is 8.29. The third kappa shape index (κ3) is 5.60. The summed E-state index contributed by atoms with van der Waals surface area (Å²) in [6.45, 7) is 7.43. The largest absolute Gasteiger partial charge is 0.303 e. The van der Waals surface area contributed by atoms with Crippen molar-refractivity contribution < 1.29 is 4.79 Å². The summed E-state index contributed by atoms with van der Waals surface area (Å²) in [7, 11) is 0. The van der Waals surface area contributed by atoms with E-state index in [0.717, 1.165) is 25.2 Å². The molecule has 1 aromatic carbocycles. The molecule has 0 atom stereocenters. The van der Waals surface area contributed by atoms with Crippen LogP contribution in [0.1, 0.15) is 56.6 Å². The van der Waals surface area contributed by atoms with Gasteiger partial charge in [0.1, 0.15) is 0 Å². The van der Waals surface area contributed by atoms with E-state index in [9.17, 15) is 4.79 Å². The molecule has 0 saturated carbocycles. The number of benzene rings is 1. The van der Waals surface area contributed by atoms with Crippen molar-refractivity contribution in [3.63, 3.8) is 0 Å². The molecule has 1 saturated heterocycles. The molecule has 120 valence electrons. The molecular formula is C18H27N3O. The van der Waals surface area contributed by atoms with E-state index < -0.39 is 0 Å². The number of likely N-dealkylation sites (tertiary alicyclic amines) is 1. The van der Waals surface area contributed by atoms with Crippen molar-refractivity contribution >= 4 is 12.1 Å². The Morgan fingerprint density at radius 1 is 1.23 bits per heavy atom. The van der Waals surface area contributed by atoms with E-state index in [0.29, 0.717) is 12.3 Å². The molecule has 4 heteroatoms. The van der Waals surface area contributed by atoms with E-state index in [-0.39, 0.29) is 5.91 Å². The average Bonchev–Trinajstić information content (AvgIpc) is 2.54. The quantitative estimate of drug-likeness (QED) is 0.648. The Labute approximate surface area is 133 Å². The molecule has 0 bridgehead atoms. The van der Waals surface area contributed by atoms with Crippen LogP contribution in [0.25, 0.3) is 0 Å². The first-order chi connectivity index (χ1) is 10.6. The molecule has 0 radical (unpaired) electrons. The number of carbonyl (C=O) groups is 1. The third-order valence-electron chi connectivity index (χ3n) is 4.11. The molecule has 22 heavy (non-hydrogen) atoms. The highest BCUT2D eigenvalue weighted by atomic mass is 16.2. The van der Waals surface area contributed by atoms with Crippen LogP contribution in [0, 0.1) is 0 Å². The highest BCUT2D eigenvalue weighted by molar-refractivity contribution is 5.82. The van der Waals surface area contributed by atoms with Crippen LogP contribution >= 0.6 is 0 Å². The smallest absolute Gasteiger partial charge is 0.241 e. The van der Waals surface area contributed by atoms with Gasteiger partial charge in [-0.3, -0.25) is 4.79 Å². The molecule has 0 unspecified atom stereocenters. The summed E-state index contributed by atoms with van der Waals surface area (Å²) in [6.07, 6.45) is 6.05. The molecule has 0 aliphatic carbocycles. The fourth-order valence-electron chi connectivity index (χ4n) is 2.64.